The van der Waals surface area contributed by atoms with Crippen molar-refractivity contribution in [3.63, 3.8) is 0 Å². The Hall–Kier alpha value is -4.22. The van der Waals surface area contributed by atoms with Crippen LogP contribution in [0.25, 0.3) is 11.5 Å². The van der Waals surface area contributed by atoms with E-state index in [-0.39, 0.29) is 29.0 Å². The Bertz CT molecular complexity index is 1350. The van der Waals surface area contributed by atoms with Crippen LogP contribution in [0.15, 0.2) is 86.6 Å². The molecule has 0 amide bonds. The van der Waals surface area contributed by atoms with Crippen molar-refractivity contribution in [2.45, 2.75) is 6.04 Å². The van der Waals surface area contributed by atoms with E-state index in [0.29, 0.717) is 37.6 Å². The van der Waals surface area contributed by atoms with Crippen LogP contribution in [-0.2, 0) is 0 Å². The number of hydrogen-bond acceptors (Lipinski definition) is 6. The van der Waals surface area contributed by atoms with Gasteiger partial charge in [-0.3, -0.25) is 4.90 Å². The Kier molecular flexibility index (Phi) is 6.17. The lowest BCUT2D eigenvalue weighted by Crippen LogP contribution is -2.48. The average Bonchev–Trinajstić information content (AvgIpc) is 3.42. The summed E-state index contributed by atoms with van der Waals surface area (Å²) in [4.78, 5) is 16.7. The fourth-order valence-electron chi connectivity index (χ4n) is 4.50. The second kappa shape index (κ2) is 9.57. The van der Waals surface area contributed by atoms with E-state index in [1.807, 2.05) is 11.0 Å². The van der Waals surface area contributed by atoms with Gasteiger partial charge in [0.2, 0.25) is 0 Å². The molecule has 8 heteroatoms. The molecule has 2 aromatic carbocycles. The van der Waals surface area contributed by atoms with Gasteiger partial charge in [0, 0.05) is 32.2 Å². The normalized spacial score (nSPS) is 14.3. The number of nitriles is 1. The summed E-state index contributed by atoms with van der Waals surface area (Å²) in [7, 11) is 0. The van der Waals surface area contributed by atoms with Crippen LogP contribution in [0, 0.1) is 23.0 Å². The minimum Gasteiger partial charge on any atom is -0.461 e. The molecule has 3 heterocycles. The van der Waals surface area contributed by atoms with Gasteiger partial charge in [-0.1, -0.05) is 24.3 Å². The van der Waals surface area contributed by atoms with Crippen molar-refractivity contribution in [2.24, 2.45) is 0 Å². The van der Waals surface area contributed by atoms with E-state index >= 15 is 0 Å². The third-order valence-electron chi connectivity index (χ3n) is 6.20. The van der Waals surface area contributed by atoms with Gasteiger partial charge in [-0.25, -0.2) is 13.6 Å². The van der Waals surface area contributed by atoms with Gasteiger partial charge in [-0.05, 0) is 47.5 Å². The largest absolute Gasteiger partial charge is 0.461 e. The van der Waals surface area contributed by atoms with Crippen LogP contribution < -0.4 is 10.5 Å². The molecule has 4 aromatic rings. The van der Waals surface area contributed by atoms with Gasteiger partial charge in [-0.2, -0.15) is 5.26 Å². The Morgan fingerprint density at radius 1 is 0.857 bits per heavy atom. The summed E-state index contributed by atoms with van der Waals surface area (Å²) < 4.78 is 37.8. The fourth-order valence-corrected chi connectivity index (χ4v) is 4.50. The zero-order chi connectivity index (χ0) is 24.4. The molecular formula is C27H21F2N3O3. The van der Waals surface area contributed by atoms with Gasteiger partial charge in [0.1, 0.15) is 17.7 Å². The molecule has 0 N–H and O–H groups in total. The third kappa shape index (κ3) is 4.59. The summed E-state index contributed by atoms with van der Waals surface area (Å²) in [6, 6.07) is 19.4. The second-order valence-electron chi connectivity index (χ2n) is 8.28. The Morgan fingerprint density at radius 2 is 1.46 bits per heavy atom. The number of benzene rings is 2. The lowest BCUT2D eigenvalue weighted by Gasteiger charge is -2.40. The van der Waals surface area contributed by atoms with Crippen molar-refractivity contribution in [3.8, 4) is 17.6 Å². The number of hydrogen-bond donors (Lipinski definition) is 0. The molecule has 1 fully saturated rings. The van der Waals surface area contributed by atoms with Crippen LogP contribution in [0.5, 0.6) is 0 Å². The highest BCUT2D eigenvalue weighted by Gasteiger charge is 2.29. The van der Waals surface area contributed by atoms with Crippen LogP contribution in [0.3, 0.4) is 0 Å². The summed E-state index contributed by atoms with van der Waals surface area (Å²) >= 11 is 0. The van der Waals surface area contributed by atoms with Crippen LogP contribution >= 0.6 is 0 Å². The summed E-state index contributed by atoms with van der Waals surface area (Å²) in [5.74, 6) is 0.0116. The Balaban J connectivity index is 1.43. The van der Waals surface area contributed by atoms with Crippen LogP contribution in [0.4, 0.5) is 14.5 Å². The first-order chi connectivity index (χ1) is 17.0. The average molecular weight is 473 g/mol. The van der Waals surface area contributed by atoms with E-state index in [4.69, 9.17) is 8.83 Å². The summed E-state index contributed by atoms with van der Waals surface area (Å²) in [6.07, 6.45) is 1.48. The molecule has 0 spiro atoms. The summed E-state index contributed by atoms with van der Waals surface area (Å²) in [6.45, 7) is 2.27. The van der Waals surface area contributed by atoms with E-state index in [1.54, 1.807) is 42.5 Å². The highest BCUT2D eigenvalue weighted by Crippen LogP contribution is 2.32. The molecule has 1 aliphatic rings. The van der Waals surface area contributed by atoms with Gasteiger partial charge in [-0.15, -0.1) is 0 Å². The standard InChI is InChI=1S/C27H21F2N3O3/c28-20-7-3-18(4-8-20)26(19-5-9-21(29)10-6-19)32-13-11-31(12-14-32)23-16-25(24-2-1-15-34-24)35-27(33)22(23)17-30/h1-10,15-16,26H,11-14H2. The van der Waals surface area contributed by atoms with Crippen molar-refractivity contribution in [1.82, 2.24) is 4.90 Å². The first kappa shape index (κ1) is 22.6. The van der Waals surface area contributed by atoms with Gasteiger partial charge in [0.15, 0.2) is 17.1 Å². The molecular weight excluding hydrogens is 452 g/mol. The van der Waals surface area contributed by atoms with E-state index in [1.165, 1.54) is 30.5 Å². The maximum absolute atomic E-state index is 13.6. The lowest BCUT2D eigenvalue weighted by molar-refractivity contribution is 0.212. The molecule has 1 saturated heterocycles. The summed E-state index contributed by atoms with van der Waals surface area (Å²) in [5.41, 5.74) is 1.51. The SMILES string of the molecule is N#Cc1c(N2CCN(C(c3ccc(F)cc3)c3ccc(F)cc3)CC2)cc(-c2ccco2)oc1=O. The van der Waals surface area contributed by atoms with Crippen molar-refractivity contribution in [1.29, 1.82) is 5.26 Å². The molecule has 2 aromatic heterocycles. The number of furan rings is 1. The van der Waals surface area contributed by atoms with Crippen molar-refractivity contribution in [2.75, 3.05) is 31.1 Å². The second-order valence-corrected chi connectivity index (χ2v) is 8.28. The topological polar surface area (TPSA) is 73.6 Å². The van der Waals surface area contributed by atoms with Crippen LogP contribution in [0.1, 0.15) is 22.7 Å². The fraction of sp³-hybridized carbons (Fsp3) is 0.185. The van der Waals surface area contributed by atoms with Crippen LogP contribution in [-0.4, -0.2) is 31.1 Å². The third-order valence-corrected chi connectivity index (χ3v) is 6.20. The Morgan fingerprint density at radius 3 is 1.97 bits per heavy atom. The number of piperazine rings is 1. The molecule has 0 unspecified atom stereocenters. The Labute approximate surface area is 200 Å². The van der Waals surface area contributed by atoms with Crippen molar-refractivity contribution >= 4 is 5.69 Å². The van der Waals surface area contributed by atoms with E-state index < -0.39 is 5.63 Å². The molecule has 0 radical (unpaired) electrons. The monoisotopic (exact) mass is 473 g/mol. The first-order valence-electron chi connectivity index (χ1n) is 11.2. The van der Waals surface area contributed by atoms with Gasteiger partial charge in [0.05, 0.1) is 18.0 Å². The number of nitrogens with zero attached hydrogens (tertiary/aromatic N) is 3. The lowest BCUT2D eigenvalue weighted by atomic mass is 9.96. The molecule has 0 saturated carbocycles. The molecule has 5 rings (SSSR count). The minimum absolute atomic E-state index is 0.0534. The number of halogens is 2. The zero-order valence-electron chi connectivity index (χ0n) is 18.7. The van der Waals surface area contributed by atoms with E-state index in [2.05, 4.69) is 4.90 Å². The molecule has 6 nitrogen and oxygen atoms in total. The predicted octanol–water partition coefficient (Wildman–Crippen LogP) is 4.96. The highest BCUT2D eigenvalue weighted by molar-refractivity contribution is 5.65. The quantitative estimate of drug-likeness (QED) is 0.408. The van der Waals surface area contributed by atoms with Gasteiger partial charge < -0.3 is 13.7 Å². The van der Waals surface area contributed by atoms with Gasteiger partial charge in [0.25, 0.3) is 0 Å². The van der Waals surface area contributed by atoms with Crippen molar-refractivity contribution < 1.29 is 17.6 Å². The van der Waals surface area contributed by atoms with Crippen molar-refractivity contribution in [3.05, 3.63) is 112 Å². The van der Waals surface area contributed by atoms with E-state index in [0.717, 1.165) is 11.1 Å². The predicted molar refractivity (Wildman–Crippen MR) is 126 cm³/mol. The highest BCUT2D eigenvalue weighted by atomic mass is 19.1. The molecule has 0 atom stereocenters. The smallest absolute Gasteiger partial charge is 0.356 e. The molecule has 176 valence electrons. The van der Waals surface area contributed by atoms with Crippen LogP contribution in [0.2, 0.25) is 0 Å². The molecule has 35 heavy (non-hydrogen) atoms. The molecule has 0 aliphatic carbocycles. The minimum atomic E-state index is -0.714. The maximum atomic E-state index is 13.6. The number of anilines is 1. The summed E-state index contributed by atoms with van der Waals surface area (Å²) in [5, 5.41) is 9.60. The first-order valence-corrected chi connectivity index (χ1v) is 11.2. The molecule has 1 aliphatic heterocycles. The number of rotatable bonds is 5. The van der Waals surface area contributed by atoms with Gasteiger partial charge >= 0.3 is 5.63 Å². The zero-order valence-corrected chi connectivity index (χ0v) is 18.7. The van der Waals surface area contributed by atoms with E-state index in [9.17, 15) is 18.8 Å². The maximum Gasteiger partial charge on any atom is 0.356 e. The molecule has 0 bridgehead atoms.